The van der Waals surface area contributed by atoms with E-state index in [4.69, 9.17) is 9.47 Å². The van der Waals surface area contributed by atoms with Crippen molar-refractivity contribution in [3.05, 3.63) is 59.2 Å². The number of alkyl carbamates (subject to hydrolysis) is 1. The number of anilines is 1. The zero-order chi connectivity index (χ0) is 26.2. The number of aryl methyl sites for hydroxylation is 2. The zero-order valence-electron chi connectivity index (χ0n) is 21.0. The molecule has 186 valence electrons. The van der Waals surface area contributed by atoms with Gasteiger partial charge >= 0.3 is 6.09 Å². The summed E-state index contributed by atoms with van der Waals surface area (Å²) in [6.45, 7) is 8.16. The number of nitrogens with one attached hydrogen (secondary N) is 2. The number of nitriles is 1. The first-order valence-corrected chi connectivity index (χ1v) is 11.1. The Kier molecular flexibility index (Phi) is 9.23. The number of hydrogen-bond acceptors (Lipinski definition) is 6. The largest absolute Gasteiger partial charge is 0.497 e. The molecule has 0 radical (unpaired) electrons. The Morgan fingerprint density at radius 3 is 2.26 bits per heavy atom. The molecule has 3 amide bonds. The van der Waals surface area contributed by atoms with Crippen LogP contribution >= 0.6 is 0 Å². The molecule has 1 unspecified atom stereocenters. The van der Waals surface area contributed by atoms with Crippen molar-refractivity contribution in [1.29, 1.82) is 5.26 Å². The maximum Gasteiger partial charge on any atom is 0.408 e. The van der Waals surface area contributed by atoms with Crippen LogP contribution in [0.3, 0.4) is 0 Å². The zero-order valence-corrected chi connectivity index (χ0v) is 21.0. The Morgan fingerprint density at radius 2 is 1.71 bits per heavy atom. The highest BCUT2D eigenvalue weighted by Crippen LogP contribution is 2.26. The molecule has 35 heavy (non-hydrogen) atoms. The number of rotatable bonds is 8. The first kappa shape index (κ1) is 27.2. The van der Waals surface area contributed by atoms with E-state index in [1.165, 1.54) is 0 Å². The van der Waals surface area contributed by atoms with Gasteiger partial charge in [-0.05, 0) is 75.6 Å². The molecule has 0 aliphatic rings. The predicted molar refractivity (Wildman–Crippen MR) is 132 cm³/mol. The van der Waals surface area contributed by atoms with Crippen molar-refractivity contribution in [2.75, 3.05) is 25.5 Å². The van der Waals surface area contributed by atoms with E-state index < -0.39 is 36.1 Å². The van der Waals surface area contributed by atoms with Crippen LogP contribution in [0.5, 0.6) is 5.75 Å². The SMILES string of the molecule is COc1ccc(NC(=O)C(c2ccc(C)c(C)c2)N(CC#N)C(=O)CNC(=O)OC(C)(C)C)cc1. The molecule has 1 atom stereocenters. The van der Waals surface area contributed by atoms with Crippen LogP contribution in [0.15, 0.2) is 42.5 Å². The van der Waals surface area contributed by atoms with Crippen LogP contribution in [0, 0.1) is 25.2 Å². The molecule has 0 saturated heterocycles. The van der Waals surface area contributed by atoms with Gasteiger partial charge in [-0.3, -0.25) is 9.59 Å². The molecular weight excluding hydrogens is 448 g/mol. The van der Waals surface area contributed by atoms with E-state index in [0.29, 0.717) is 17.0 Å². The van der Waals surface area contributed by atoms with E-state index in [1.807, 2.05) is 32.0 Å². The van der Waals surface area contributed by atoms with Gasteiger partial charge < -0.3 is 25.0 Å². The molecule has 2 N–H and O–H groups in total. The molecule has 9 nitrogen and oxygen atoms in total. The summed E-state index contributed by atoms with van der Waals surface area (Å²) in [6.07, 6.45) is -0.770. The summed E-state index contributed by atoms with van der Waals surface area (Å²) in [6, 6.07) is 13.0. The third-order valence-electron chi connectivity index (χ3n) is 5.11. The van der Waals surface area contributed by atoms with Gasteiger partial charge in [-0.15, -0.1) is 0 Å². The smallest absolute Gasteiger partial charge is 0.408 e. The van der Waals surface area contributed by atoms with Crippen LogP contribution in [0.25, 0.3) is 0 Å². The van der Waals surface area contributed by atoms with Gasteiger partial charge in [0.05, 0.1) is 13.2 Å². The quantitative estimate of drug-likeness (QED) is 0.554. The van der Waals surface area contributed by atoms with Gasteiger partial charge in [-0.2, -0.15) is 5.26 Å². The number of ether oxygens (including phenoxy) is 2. The number of carbonyl (C=O) groups excluding carboxylic acids is 3. The van der Waals surface area contributed by atoms with Crippen LogP contribution in [0.4, 0.5) is 10.5 Å². The van der Waals surface area contributed by atoms with E-state index in [2.05, 4.69) is 10.6 Å². The maximum absolute atomic E-state index is 13.5. The minimum atomic E-state index is -1.11. The Morgan fingerprint density at radius 1 is 1.06 bits per heavy atom. The second-order valence-corrected chi connectivity index (χ2v) is 9.00. The number of hydrogen-bond donors (Lipinski definition) is 2. The highest BCUT2D eigenvalue weighted by molar-refractivity contribution is 5.98. The van der Waals surface area contributed by atoms with E-state index in [1.54, 1.807) is 58.2 Å². The van der Waals surface area contributed by atoms with E-state index in [-0.39, 0.29) is 6.54 Å². The molecule has 2 aromatic rings. The molecule has 0 aliphatic carbocycles. The second kappa shape index (κ2) is 11.9. The number of benzene rings is 2. The van der Waals surface area contributed by atoms with Crippen LogP contribution in [-0.2, 0) is 14.3 Å². The summed E-state index contributed by atoms with van der Waals surface area (Å²) < 4.78 is 10.3. The van der Waals surface area contributed by atoms with Gasteiger partial charge in [0.15, 0.2) is 0 Å². The highest BCUT2D eigenvalue weighted by atomic mass is 16.6. The van der Waals surface area contributed by atoms with Gasteiger partial charge in [0, 0.05) is 5.69 Å². The molecule has 0 bridgehead atoms. The molecule has 0 aromatic heterocycles. The van der Waals surface area contributed by atoms with Crippen molar-refractivity contribution in [3.63, 3.8) is 0 Å². The van der Waals surface area contributed by atoms with Crippen molar-refractivity contribution >= 4 is 23.6 Å². The normalized spacial score (nSPS) is 11.6. The summed E-state index contributed by atoms with van der Waals surface area (Å²) in [5, 5.41) is 14.6. The highest BCUT2D eigenvalue weighted by Gasteiger charge is 2.32. The molecule has 0 fully saturated rings. The summed E-state index contributed by atoms with van der Waals surface area (Å²) in [4.78, 5) is 39.7. The van der Waals surface area contributed by atoms with Crippen molar-refractivity contribution in [2.24, 2.45) is 0 Å². The fourth-order valence-corrected chi connectivity index (χ4v) is 3.26. The Labute approximate surface area is 206 Å². The average Bonchev–Trinajstić information content (AvgIpc) is 2.78. The van der Waals surface area contributed by atoms with Crippen molar-refractivity contribution in [2.45, 2.75) is 46.3 Å². The van der Waals surface area contributed by atoms with Crippen LogP contribution in [0.2, 0.25) is 0 Å². The summed E-state index contributed by atoms with van der Waals surface area (Å²) >= 11 is 0. The minimum absolute atomic E-state index is 0.359. The van der Waals surface area contributed by atoms with Crippen LogP contribution < -0.4 is 15.4 Å². The molecule has 2 aromatic carbocycles. The van der Waals surface area contributed by atoms with Crippen LogP contribution in [0.1, 0.15) is 43.5 Å². The van der Waals surface area contributed by atoms with Gasteiger partial charge in [0.1, 0.15) is 30.5 Å². The van der Waals surface area contributed by atoms with Crippen LogP contribution in [-0.4, -0.2) is 48.6 Å². The fraction of sp³-hybridized carbons (Fsp3) is 0.385. The van der Waals surface area contributed by atoms with Gasteiger partial charge in [-0.25, -0.2) is 4.79 Å². The van der Waals surface area contributed by atoms with Crippen molar-refractivity contribution in [1.82, 2.24) is 10.2 Å². The number of nitrogens with zero attached hydrogens (tertiary/aromatic N) is 2. The first-order valence-electron chi connectivity index (χ1n) is 11.1. The van der Waals surface area contributed by atoms with Crippen molar-refractivity contribution < 1.29 is 23.9 Å². The monoisotopic (exact) mass is 480 g/mol. The molecule has 0 heterocycles. The first-order chi connectivity index (χ1) is 16.4. The molecule has 0 spiro atoms. The topological polar surface area (TPSA) is 121 Å². The molecule has 0 saturated carbocycles. The minimum Gasteiger partial charge on any atom is -0.497 e. The molecule has 9 heteroatoms. The number of carbonyl (C=O) groups is 3. The lowest BCUT2D eigenvalue weighted by Gasteiger charge is -2.30. The lowest BCUT2D eigenvalue weighted by atomic mass is 9.99. The van der Waals surface area contributed by atoms with Crippen molar-refractivity contribution in [3.8, 4) is 11.8 Å². The Bertz CT molecular complexity index is 1100. The Hall–Kier alpha value is -4.06. The fourth-order valence-electron chi connectivity index (χ4n) is 3.26. The lowest BCUT2D eigenvalue weighted by Crippen LogP contribution is -2.46. The van der Waals surface area contributed by atoms with Gasteiger partial charge in [-0.1, -0.05) is 18.2 Å². The Balaban J connectivity index is 2.35. The average molecular weight is 481 g/mol. The predicted octanol–water partition coefficient (Wildman–Crippen LogP) is 3.87. The number of amides is 3. The van der Waals surface area contributed by atoms with E-state index in [9.17, 15) is 19.6 Å². The van der Waals surface area contributed by atoms with Gasteiger partial charge in [0.2, 0.25) is 5.91 Å². The third-order valence-corrected chi connectivity index (χ3v) is 5.11. The van der Waals surface area contributed by atoms with E-state index >= 15 is 0 Å². The summed E-state index contributed by atoms with van der Waals surface area (Å²) in [7, 11) is 1.54. The third kappa shape index (κ3) is 8.03. The molecular formula is C26H32N4O5. The maximum atomic E-state index is 13.5. The summed E-state index contributed by atoms with van der Waals surface area (Å²) in [5.74, 6) is -0.479. The lowest BCUT2D eigenvalue weighted by molar-refractivity contribution is -0.137. The second-order valence-electron chi connectivity index (χ2n) is 9.00. The number of methoxy groups -OCH3 is 1. The molecule has 2 rings (SSSR count). The van der Waals surface area contributed by atoms with Gasteiger partial charge in [0.25, 0.3) is 5.91 Å². The molecule has 0 aliphatic heterocycles. The van der Waals surface area contributed by atoms with E-state index in [0.717, 1.165) is 16.0 Å². The summed E-state index contributed by atoms with van der Waals surface area (Å²) in [5.41, 5.74) is 2.26. The standard InChI is InChI=1S/C26H32N4O5/c1-17-7-8-19(15-18(17)2)23(24(32)29-20-9-11-21(34-6)12-10-20)30(14-13-27)22(31)16-28-25(33)35-26(3,4)5/h7-12,15,23H,14,16H2,1-6H3,(H,28,33)(H,29,32).